The molecule has 4 rings (SSSR count). The first-order valence-electron chi connectivity index (χ1n) is 7.97. The van der Waals surface area contributed by atoms with Crippen LogP contribution in [0.3, 0.4) is 0 Å². The molecule has 4 nitrogen and oxygen atoms in total. The number of hydrogen-bond donors (Lipinski definition) is 0. The lowest BCUT2D eigenvalue weighted by Crippen LogP contribution is -1.95. The average Bonchev–Trinajstić information content (AvgIpc) is 3.31. The number of aromatic nitrogens is 2. The van der Waals surface area contributed by atoms with Crippen LogP contribution in [0.4, 0.5) is 0 Å². The second-order valence-electron chi connectivity index (χ2n) is 5.52. The van der Waals surface area contributed by atoms with E-state index in [9.17, 15) is 4.79 Å². The first-order chi connectivity index (χ1) is 12.2. The number of ether oxygens (including phenoxy) is 1. The average molecular weight is 368 g/mol. The monoisotopic (exact) mass is 368 g/mol. The summed E-state index contributed by atoms with van der Waals surface area (Å²) in [7, 11) is 0. The van der Waals surface area contributed by atoms with Crippen LogP contribution in [0.1, 0.15) is 22.3 Å². The zero-order valence-corrected chi connectivity index (χ0v) is 15.5. The minimum absolute atomic E-state index is 0.602. The van der Waals surface area contributed by atoms with E-state index >= 15 is 0 Å². The van der Waals surface area contributed by atoms with E-state index in [-0.39, 0.29) is 0 Å². The molecule has 0 atom stereocenters. The topological polar surface area (TPSA) is 43.6 Å². The highest BCUT2D eigenvalue weighted by molar-refractivity contribution is 7.17. The highest BCUT2D eigenvalue weighted by Gasteiger charge is 2.21. The molecule has 3 heterocycles. The van der Waals surface area contributed by atoms with Crippen molar-refractivity contribution in [3.05, 3.63) is 52.3 Å². The van der Waals surface area contributed by atoms with E-state index in [4.69, 9.17) is 9.72 Å². The van der Waals surface area contributed by atoms with Crippen LogP contribution >= 0.6 is 22.7 Å². The molecule has 0 radical (unpaired) electrons. The largest absolute Gasteiger partial charge is 0.494 e. The predicted molar refractivity (Wildman–Crippen MR) is 103 cm³/mol. The Morgan fingerprint density at radius 2 is 2.04 bits per heavy atom. The molecule has 0 fully saturated rings. The summed E-state index contributed by atoms with van der Waals surface area (Å²) in [6.45, 7) is 4.67. The molecule has 3 aromatic heterocycles. The number of thiazole rings is 1. The Balaban J connectivity index is 1.91. The molecule has 25 heavy (non-hydrogen) atoms. The number of thiophene rings is 1. The summed E-state index contributed by atoms with van der Waals surface area (Å²) in [6.07, 6.45) is 0.902. The quantitative estimate of drug-likeness (QED) is 0.448. The molecular weight excluding hydrogens is 352 g/mol. The zero-order chi connectivity index (χ0) is 17.4. The van der Waals surface area contributed by atoms with Gasteiger partial charge in [0.1, 0.15) is 17.1 Å². The molecule has 1 aromatic carbocycles. The Kier molecular flexibility index (Phi) is 4.15. The minimum Gasteiger partial charge on any atom is -0.494 e. The summed E-state index contributed by atoms with van der Waals surface area (Å²) in [5, 5.41) is 2.00. The molecule has 0 amide bonds. The van der Waals surface area contributed by atoms with Gasteiger partial charge in [-0.05, 0) is 55.1 Å². The highest BCUT2D eigenvalue weighted by Crippen LogP contribution is 2.37. The Bertz CT molecular complexity index is 1030. The SMILES string of the molecule is CCOc1ccc(-c2c(C)sc3nc(-c4cccs4)c(C=O)n23)cc1. The van der Waals surface area contributed by atoms with Gasteiger partial charge in [0.15, 0.2) is 11.2 Å². The van der Waals surface area contributed by atoms with Gasteiger partial charge >= 0.3 is 0 Å². The number of nitrogens with zero attached hydrogens (tertiary/aromatic N) is 2. The van der Waals surface area contributed by atoms with E-state index in [2.05, 4.69) is 6.92 Å². The highest BCUT2D eigenvalue weighted by atomic mass is 32.1. The Labute approximate surface area is 153 Å². The molecule has 0 saturated heterocycles. The van der Waals surface area contributed by atoms with Gasteiger partial charge in [0, 0.05) is 4.88 Å². The van der Waals surface area contributed by atoms with Gasteiger partial charge < -0.3 is 4.74 Å². The summed E-state index contributed by atoms with van der Waals surface area (Å²) in [6, 6.07) is 11.9. The smallest absolute Gasteiger partial charge is 0.195 e. The molecule has 4 aromatic rings. The third-order valence-corrected chi connectivity index (χ3v) is 5.82. The molecule has 0 aliphatic carbocycles. The molecule has 0 aliphatic rings. The van der Waals surface area contributed by atoms with Crippen LogP contribution in [-0.4, -0.2) is 22.3 Å². The van der Waals surface area contributed by atoms with Crippen molar-refractivity contribution in [3.63, 3.8) is 0 Å². The Morgan fingerprint density at radius 1 is 1.24 bits per heavy atom. The van der Waals surface area contributed by atoms with Crippen molar-refractivity contribution < 1.29 is 9.53 Å². The van der Waals surface area contributed by atoms with Crippen LogP contribution < -0.4 is 4.74 Å². The van der Waals surface area contributed by atoms with Gasteiger partial charge in [-0.25, -0.2) is 4.98 Å². The maximum absolute atomic E-state index is 11.9. The predicted octanol–water partition coefficient (Wildman–Crippen LogP) is 5.31. The fourth-order valence-corrected chi connectivity index (χ4v) is 4.67. The summed E-state index contributed by atoms with van der Waals surface area (Å²) in [5.41, 5.74) is 3.42. The number of benzene rings is 1. The van der Waals surface area contributed by atoms with Crippen LogP contribution in [-0.2, 0) is 0 Å². The van der Waals surface area contributed by atoms with E-state index < -0.39 is 0 Å². The fraction of sp³-hybridized carbons (Fsp3) is 0.158. The van der Waals surface area contributed by atoms with Crippen molar-refractivity contribution in [1.82, 2.24) is 9.38 Å². The lowest BCUT2D eigenvalue weighted by atomic mass is 10.1. The molecule has 0 aliphatic heterocycles. The second-order valence-corrected chi connectivity index (χ2v) is 7.65. The van der Waals surface area contributed by atoms with E-state index in [1.807, 2.05) is 53.1 Å². The molecule has 0 spiro atoms. The minimum atomic E-state index is 0.602. The van der Waals surface area contributed by atoms with Crippen molar-refractivity contribution in [2.75, 3.05) is 6.61 Å². The normalized spacial score (nSPS) is 11.1. The molecule has 0 N–H and O–H groups in total. The van der Waals surface area contributed by atoms with Crippen LogP contribution in [0.15, 0.2) is 41.8 Å². The molecule has 126 valence electrons. The molecule has 0 unspecified atom stereocenters. The third kappa shape index (κ3) is 2.67. The Hall–Kier alpha value is -2.44. The number of aldehydes is 1. The summed E-state index contributed by atoms with van der Waals surface area (Å²) in [5.74, 6) is 0.843. The molecule has 0 bridgehead atoms. The first kappa shape index (κ1) is 16.1. The van der Waals surface area contributed by atoms with Gasteiger partial charge in [-0.1, -0.05) is 6.07 Å². The fourth-order valence-electron chi connectivity index (χ4n) is 2.95. The van der Waals surface area contributed by atoms with Gasteiger partial charge in [0.05, 0.1) is 17.2 Å². The first-order valence-corrected chi connectivity index (χ1v) is 9.66. The molecule has 0 saturated carbocycles. The van der Waals surface area contributed by atoms with Gasteiger partial charge in [0.25, 0.3) is 0 Å². The number of rotatable bonds is 5. The maximum atomic E-state index is 11.9. The van der Waals surface area contributed by atoms with Crippen molar-refractivity contribution in [2.45, 2.75) is 13.8 Å². The third-order valence-electron chi connectivity index (χ3n) is 3.99. The van der Waals surface area contributed by atoms with E-state index in [0.29, 0.717) is 12.3 Å². The number of hydrogen-bond acceptors (Lipinski definition) is 5. The summed E-state index contributed by atoms with van der Waals surface area (Å²) >= 11 is 3.19. The molecular formula is C19H16N2O2S2. The number of fused-ring (bicyclic) bond motifs is 1. The van der Waals surface area contributed by atoms with Crippen LogP contribution in [0, 0.1) is 6.92 Å². The van der Waals surface area contributed by atoms with E-state index in [1.165, 1.54) is 0 Å². The van der Waals surface area contributed by atoms with Crippen molar-refractivity contribution in [1.29, 1.82) is 0 Å². The van der Waals surface area contributed by atoms with Crippen LogP contribution in [0.25, 0.3) is 26.8 Å². The number of aryl methyl sites for hydroxylation is 1. The van der Waals surface area contributed by atoms with Gasteiger partial charge in [-0.15, -0.1) is 22.7 Å². The molecule has 6 heteroatoms. The Morgan fingerprint density at radius 3 is 2.68 bits per heavy atom. The van der Waals surface area contributed by atoms with Gasteiger partial charge in [0.2, 0.25) is 0 Å². The summed E-state index contributed by atoms with van der Waals surface area (Å²) in [4.78, 5) is 19.6. The van der Waals surface area contributed by atoms with E-state index in [0.717, 1.165) is 43.7 Å². The lowest BCUT2D eigenvalue weighted by molar-refractivity contribution is 0.111. The number of carbonyl (C=O) groups excluding carboxylic acids is 1. The van der Waals surface area contributed by atoms with Crippen molar-refractivity contribution >= 4 is 33.9 Å². The van der Waals surface area contributed by atoms with Crippen LogP contribution in [0.5, 0.6) is 5.75 Å². The van der Waals surface area contributed by atoms with Gasteiger partial charge in [-0.3, -0.25) is 9.20 Å². The summed E-state index contributed by atoms with van der Waals surface area (Å²) < 4.78 is 7.49. The lowest BCUT2D eigenvalue weighted by Gasteiger charge is -2.06. The van der Waals surface area contributed by atoms with Crippen LogP contribution in [0.2, 0.25) is 0 Å². The van der Waals surface area contributed by atoms with Crippen molar-refractivity contribution in [2.24, 2.45) is 0 Å². The van der Waals surface area contributed by atoms with Gasteiger partial charge in [-0.2, -0.15) is 0 Å². The maximum Gasteiger partial charge on any atom is 0.195 e. The zero-order valence-electron chi connectivity index (χ0n) is 13.9. The van der Waals surface area contributed by atoms with Crippen molar-refractivity contribution in [3.8, 4) is 27.6 Å². The number of imidazole rings is 1. The van der Waals surface area contributed by atoms with E-state index in [1.54, 1.807) is 22.7 Å². The second kappa shape index (κ2) is 6.46. The standard InChI is InChI=1S/C19H16N2O2S2/c1-3-23-14-8-6-13(7-9-14)18-12(2)25-19-20-17(15(11-22)21(18)19)16-5-4-10-24-16/h4-11H,3H2,1-2H3. The number of carbonyl (C=O) groups is 1.